The minimum Gasteiger partial charge on any atom is -0.435 e. The Balaban J connectivity index is 0.000000105. The Hall–Kier alpha value is -12.1. The number of benzene rings is 4. The van der Waals surface area contributed by atoms with Crippen LogP contribution in [-0.2, 0) is 58.3 Å². The first kappa shape index (κ1) is 84.7. The fraction of sp³-hybridized carbons (Fsp3) is 0.396. The summed E-state index contributed by atoms with van der Waals surface area (Å²) in [6.07, 6.45) is 23.8. The van der Waals surface area contributed by atoms with Gasteiger partial charge in [0.25, 0.3) is 0 Å². The van der Waals surface area contributed by atoms with Crippen LogP contribution in [0.2, 0.25) is 10.0 Å². The highest BCUT2D eigenvalue weighted by Crippen LogP contribution is 2.56. The molecule has 29 heteroatoms. The molecule has 13 aliphatic rings. The van der Waals surface area contributed by atoms with Crippen LogP contribution in [-0.4, -0.2) is 144 Å². The number of nitrogens with zero attached hydrogens (tertiary/aromatic N) is 20. The van der Waals surface area contributed by atoms with Crippen molar-refractivity contribution in [3.05, 3.63) is 293 Å². The number of nitrogens with one attached hydrogen (secondary N) is 1. The van der Waals surface area contributed by atoms with Crippen molar-refractivity contribution < 1.29 is 9.47 Å². The van der Waals surface area contributed by atoms with Gasteiger partial charge in [0.15, 0.2) is 17.3 Å². The zero-order valence-electron chi connectivity index (χ0n) is 74.4. The molecule has 664 valence electrons. The van der Waals surface area contributed by atoms with E-state index in [-0.39, 0.29) is 45.8 Å². The highest BCUT2D eigenvalue weighted by Gasteiger charge is 2.51. The first-order valence-corrected chi connectivity index (χ1v) is 46.6. The Kier molecular flexibility index (Phi) is 22.4. The smallest absolute Gasteiger partial charge is 0.243 e. The summed E-state index contributed by atoms with van der Waals surface area (Å²) in [7, 11) is 1.85. The van der Waals surface area contributed by atoms with Crippen LogP contribution >= 0.6 is 23.2 Å². The molecule has 11 aromatic rings. The van der Waals surface area contributed by atoms with E-state index in [1.165, 1.54) is 44.5 Å². The van der Waals surface area contributed by atoms with Gasteiger partial charge in [0, 0.05) is 121 Å². The zero-order valence-corrected chi connectivity index (χ0v) is 75.9. The summed E-state index contributed by atoms with van der Waals surface area (Å²) in [5.74, 6) is 6.68. The van der Waals surface area contributed by atoms with E-state index in [1.807, 2.05) is 52.5 Å². The van der Waals surface area contributed by atoms with E-state index in [0.29, 0.717) is 82.3 Å². The van der Waals surface area contributed by atoms with Gasteiger partial charge < -0.3 is 62.2 Å². The van der Waals surface area contributed by atoms with E-state index in [1.54, 1.807) is 24.5 Å². The summed E-state index contributed by atoms with van der Waals surface area (Å²) in [5.41, 5.74) is 52.6. The number of ether oxygens (including phenoxy) is 2. The Morgan fingerprint density at radius 2 is 0.785 bits per heavy atom. The van der Waals surface area contributed by atoms with Gasteiger partial charge in [-0.2, -0.15) is 0 Å². The normalized spacial score (nSPS) is 21.2. The number of halogens is 2. The number of aliphatic imine (C=N–C) groups is 4. The molecule has 0 radical (unpaired) electrons. The summed E-state index contributed by atoms with van der Waals surface area (Å²) in [4.78, 5) is 82.2. The minimum absolute atomic E-state index is 0.110. The molecule has 0 bridgehead atoms. The maximum atomic E-state index is 6.79. The predicted molar refractivity (Wildman–Crippen MR) is 510 cm³/mol. The second kappa shape index (κ2) is 34.3. The van der Waals surface area contributed by atoms with Crippen molar-refractivity contribution >= 4 is 75.5 Å². The molecule has 7 aromatic heterocycles. The average molecular weight is 1780 g/mol. The molecule has 0 unspecified atom stereocenters. The van der Waals surface area contributed by atoms with Gasteiger partial charge in [0.2, 0.25) is 11.8 Å². The van der Waals surface area contributed by atoms with Crippen LogP contribution < -0.4 is 62.2 Å². The van der Waals surface area contributed by atoms with Crippen molar-refractivity contribution in [2.75, 3.05) is 90.5 Å². The van der Waals surface area contributed by atoms with Crippen molar-refractivity contribution in [1.29, 1.82) is 0 Å². The minimum atomic E-state index is 0.110. The lowest BCUT2D eigenvalue weighted by Gasteiger charge is -2.43. The molecule has 4 spiro atoms. The summed E-state index contributed by atoms with van der Waals surface area (Å²) < 4.78 is 11.9. The number of aromatic nitrogens is 11. The Morgan fingerprint density at radius 3 is 1.21 bits per heavy atom. The number of hydrogen-bond donors (Lipinski definition) is 5. The fourth-order valence-corrected chi connectivity index (χ4v) is 22.9. The lowest BCUT2D eigenvalue weighted by atomic mass is 9.73. The van der Waals surface area contributed by atoms with Crippen LogP contribution in [0.4, 0.5) is 29.0 Å². The monoisotopic (exact) mass is 1770 g/mol. The standard InChI is InChI=1S/C28H31N7.2C25H25ClN6O.C23H28N6/c1-18-26(34-14-10-28(11-15-34)16-19-6-2-3-7-20(19)25(28)29)33-22-17-31-27(24(22)32-18)35-13-5-8-21-23(35)9-4-12-30-21;2*1-15-21(26)19(6-9-28-15)33-24-22-18(13-30-24)31-20(14-29-22)32-10-7-25(8-11-32)12-16-4-2-3-5-17(16)23(25)27;1-14(25-3)19-20-18(13-26-19)28-22(15(2)27-20)29-10-8-23(9-11-29)12-16-6-4-5-7-17(16)21(23)24/h2-4,6-7,9,12,25H,5,8,10-11,13-17,29H2,1H3;2*2-6,9,14,23H,7-8,10-13,27H2,1H3;4-7,21,25H,1,8-13,24H2,2-3H3/t25-;2*23-;21-/m1111/s1. The van der Waals surface area contributed by atoms with Gasteiger partial charge in [-0.1, -0.05) is 127 Å². The number of fused-ring (bicyclic) bond motifs is 9. The van der Waals surface area contributed by atoms with Crippen LogP contribution in [0.1, 0.15) is 200 Å². The second-order valence-corrected chi connectivity index (χ2v) is 38.1. The number of pyridine rings is 3. The van der Waals surface area contributed by atoms with Crippen molar-refractivity contribution in [2.24, 2.45) is 64.6 Å². The van der Waals surface area contributed by atoms with Gasteiger partial charge in [-0.05, 0) is 196 Å². The number of rotatable bonds is 8. The van der Waals surface area contributed by atoms with Gasteiger partial charge in [-0.15, -0.1) is 0 Å². The Labute approximate surface area is 768 Å². The molecule has 0 amide bonds. The Bertz CT molecular complexity index is 6220. The fourth-order valence-electron chi connectivity index (χ4n) is 22.6. The summed E-state index contributed by atoms with van der Waals surface area (Å²) in [5, 5.41) is 4.03. The summed E-state index contributed by atoms with van der Waals surface area (Å²) >= 11 is 12.6. The number of amidine groups is 1. The number of piperidine rings is 4. The molecule has 4 saturated heterocycles. The first-order valence-electron chi connectivity index (χ1n) is 45.9. The number of aryl methyl sites for hydroxylation is 5. The molecule has 9 aliphatic heterocycles. The third kappa shape index (κ3) is 15.2. The van der Waals surface area contributed by atoms with Gasteiger partial charge in [-0.3, -0.25) is 24.9 Å². The SMILES string of the molecule is C=C(NC)C1=NCc2nc(N3CCC4(CC3)Cc3ccccc3[C@H]4N)c(C)nc21.Cc1nc2c(nc1N1CCC3(CC1)Cc1ccccc1[C@H]3N)CN=C2N1CCCc2ncccc21.Cc1nccc(OC2=NCc3nc(N4CCC5(CC4)Cc4ccccc4[C@H]5N)cnc32)c1Cl.Cc1nccc(OC2=NCc3nc(N4CCC5(CC4)Cc4ccccc4[C@H]5N)cnc32)c1Cl. The van der Waals surface area contributed by atoms with E-state index in [9.17, 15) is 0 Å². The van der Waals surface area contributed by atoms with Gasteiger partial charge in [-0.25, -0.2) is 49.9 Å². The van der Waals surface area contributed by atoms with Crippen LogP contribution in [0.15, 0.2) is 185 Å². The molecule has 9 N–H and O–H groups in total. The quantitative estimate of drug-likeness (QED) is 0.0943. The van der Waals surface area contributed by atoms with Crippen LogP contribution in [0.25, 0.3) is 0 Å². The highest BCUT2D eigenvalue weighted by molar-refractivity contribution is 6.33. The van der Waals surface area contributed by atoms with E-state index in [4.69, 9.17) is 90.5 Å². The number of nitrogens with two attached hydrogens (primary N) is 4. The third-order valence-electron chi connectivity index (χ3n) is 30.2. The molecule has 27 nitrogen and oxygen atoms in total. The largest absolute Gasteiger partial charge is 0.435 e. The van der Waals surface area contributed by atoms with Crippen LogP contribution in [0.5, 0.6) is 11.5 Å². The van der Waals surface area contributed by atoms with Crippen LogP contribution in [0, 0.1) is 49.4 Å². The third-order valence-corrected chi connectivity index (χ3v) is 31.1. The predicted octanol–water partition coefficient (Wildman–Crippen LogP) is 14.4. The number of allylic oxidation sites excluding steroid dienone is 1. The Morgan fingerprint density at radius 1 is 0.400 bits per heavy atom. The summed E-state index contributed by atoms with van der Waals surface area (Å²) in [6, 6.07) is 42.7. The van der Waals surface area contributed by atoms with E-state index in [0.717, 1.165) is 246 Å². The van der Waals surface area contributed by atoms with Crippen molar-refractivity contribution in [2.45, 2.75) is 168 Å². The molecule has 0 saturated carbocycles. The molecule has 16 heterocycles. The van der Waals surface area contributed by atoms with Gasteiger partial charge in [0.05, 0.1) is 101 Å². The molecule has 4 atom stereocenters. The molecular weight excluding hydrogens is 1670 g/mol. The topological polar surface area (TPSA) is 342 Å². The molecule has 4 fully saturated rings. The van der Waals surface area contributed by atoms with Crippen LogP contribution in [0.3, 0.4) is 0 Å². The number of hydrogen-bond acceptors (Lipinski definition) is 27. The van der Waals surface area contributed by atoms with Crippen molar-refractivity contribution in [3.63, 3.8) is 0 Å². The van der Waals surface area contributed by atoms with E-state index < -0.39 is 0 Å². The molecule has 130 heavy (non-hydrogen) atoms. The van der Waals surface area contributed by atoms with Crippen molar-refractivity contribution in [3.8, 4) is 11.5 Å². The molecular formula is C101H109Cl2N25O2. The second-order valence-electron chi connectivity index (χ2n) is 37.3. The highest BCUT2D eigenvalue weighted by atomic mass is 35.5. The lowest BCUT2D eigenvalue weighted by molar-refractivity contribution is 0.187. The van der Waals surface area contributed by atoms with Gasteiger partial charge >= 0.3 is 0 Å². The number of anilines is 5. The lowest BCUT2D eigenvalue weighted by Crippen LogP contribution is -2.45. The first-order chi connectivity index (χ1) is 63.2. The summed E-state index contributed by atoms with van der Waals surface area (Å²) in [6.45, 7) is 22.4. The molecule has 4 aromatic carbocycles. The van der Waals surface area contributed by atoms with Crippen molar-refractivity contribution in [1.82, 2.24) is 60.1 Å². The molecule has 24 rings (SSSR count). The maximum Gasteiger partial charge on any atom is 0.243 e. The van der Waals surface area contributed by atoms with E-state index in [2.05, 4.69) is 186 Å². The number of likely N-dealkylation sites (N-methyl/N-ethyl adjacent to an activating group) is 1. The molecule has 4 aliphatic carbocycles. The van der Waals surface area contributed by atoms with E-state index >= 15 is 0 Å². The van der Waals surface area contributed by atoms with Gasteiger partial charge in [0.1, 0.15) is 61.8 Å². The average Bonchev–Trinajstić information content (AvgIpc) is 1.58. The zero-order chi connectivity index (χ0) is 88.9. The maximum absolute atomic E-state index is 6.79.